The Morgan fingerprint density at radius 1 is 1.09 bits per heavy atom. The van der Waals surface area contributed by atoms with Crippen molar-refractivity contribution >= 4 is 11.6 Å². The lowest BCUT2D eigenvalue weighted by molar-refractivity contribution is 0.0989. The van der Waals surface area contributed by atoms with E-state index in [9.17, 15) is 4.79 Å². The highest BCUT2D eigenvalue weighted by atomic mass is 16.1. The van der Waals surface area contributed by atoms with E-state index in [0.717, 1.165) is 35.6 Å². The molecule has 3 heterocycles. The Hall–Kier alpha value is -3.91. The maximum absolute atomic E-state index is 13.3. The molecule has 0 fully saturated rings. The number of pyridine rings is 1. The molecule has 4 aromatic rings. The summed E-state index contributed by atoms with van der Waals surface area (Å²) >= 11 is 0. The highest BCUT2D eigenvalue weighted by molar-refractivity contribution is 6.00. The molecule has 0 saturated carbocycles. The molecule has 0 unspecified atom stereocenters. The standard InChI is InChI=1S/C26H29N7O/c1-17(2)26-30-12-13-33(26)22-9-11-29-15-20(22)14-23(34)24-25(27)31-16-21(32-24)19-6-4-18(5-7-19)8-10-28-3/h4-7,9,11-13,15-17,28H,8,10,14H2,1-3H3,(H2,27,31). The molecular formula is C26H29N7O. The fourth-order valence-electron chi connectivity index (χ4n) is 3.85. The van der Waals surface area contributed by atoms with Crippen LogP contribution in [0, 0.1) is 0 Å². The van der Waals surface area contributed by atoms with Crippen molar-refractivity contribution in [3.63, 3.8) is 0 Å². The molecule has 0 aliphatic heterocycles. The van der Waals surface area contributed by atoms with Gasteiger partial charge < -0.3 is 15.6 Å². The number of aromatic nitrogens is 5. The lowest BCUT2D eigenvalue weighted by Gasteiger charge is -2.14. The third-order valence-corrected chi connectivity index (χ3v) is 5.65. The highest BCUT2D eigenvalue weighted by Gasteiger charge is 2.19. The van der Waals surface area contributed by atoms with Crippen LogP contribution in [0.15, 0.2) is 61.3 Å². The number of hydrogen-bond donors (Lipinski definition) is 2. The van der Waals surface area contributed by atoms with Crippen LogP contribution in [0.1, 0.15) is 47.2 Å². The topological polar surface area (TPSA) is 112 Å². The molecule has 0 bridgehead atoms. The summed E-state index contributed by atoms with van der Waals surface area (Å²) in [5, 5.41) is 3.15. The van der Waals surface area contributed by atoms with Gasteiger partial charge in [-0.15, -0.1) is 0 Å². The molecule has 3 aromatic heterocycles. The van der Waals surface area contributed by atoms with E-state index >= 15 is 0 Å². The molecule has 4 rings (SSSR count). The van der Waals surface area contributed by atoms with Gasteiger partial charge in [0.25, 0.3) is 0 Å². The van der Waals surface area contributed by atoms with E-state index in [-0.39, 0.29) is 29.6 Å². The zero-order valence-electron chi connectivity index (χ0n) is 19.7. The number of benzene rings is 1. The quantitative estimate of drug-likeness (QED) is 0.371. The Balaban J connectivity index is 1.61. The Bertz CT molecular complexity index is 1280. The van der Waals surface area contributed by atoms with E-state index in [2.05, 4.69) is 51.2 Å². The summed E-state index contributed by atoms with van der Waals surface area (Å²) in [6.45, 7) is 5.08. The normalized spacial score (nSPS) is 11.2. The molecule has 0 amide bonds. The van der Waals surface area contributed by atoms with Crippen molar-refractivity contribution in [2.24, 2.45) is 0 Å². The summed E-state index contributed by atoms with van der Waals surface area (Å²) in [6, 6.07) is 9.99. The number of nitrogens with zero attached hydrogens (tertiary/aromatic N) is 5. The van der Waals surface area contributed by atoms with E-state index in [0.29, 0.717) is 5.69 Å². The summed E-state index contributed by atoms with van der Waals surface area (Å²) in [5.41, 5.74) is 10.6. The van der Waals surface area contributed by atoms with Crippen LogP contribution in [-0.4, -0.2) is 43.9 Å². The molecular weight excluding hydrogens is 426 g/mol. The van der Waals surface area contributed by atoms with Gasteiger partial charge in [0, 0.05) is 48.3 Å². The minimum absolute atomic E-state index is 0.101. The van der Waals surface area contributed by atoms with Crippen molar-refractivity contribution in [1.29, 1.82) is 0 Å². The van der Waals surface area contributed by atoms with Crippen LogP contribution < -0.4 is 11.1 Å². The van der Waals surface area contributed by atoms with Gasteiger partial charge in [-0.05, 0) is 31.6 Å². The molecule has 0 aliphatic carbocycles. The van der Waals surface area contributed by atoms with Crippen LogP contribution in [-0.2, 0) is 12.8 Å². The molecule has 0 atom stereocenters. The predicted molar refractivity (Wildman–Crippen MR) is 133 cm³/mol. The second-order valence-electron chi connectivity index (χ2n) is 8.45. The summed E-state index contributed by atoms with van der Waals surface area (Å²) in [5.74, 6) is 1.06. The third-order valence-electron chi connectivity index (χ3n) is 5.65. The first-order valence-electron chi connectivity index (χ1n) is 11.3. The van der Waals surface area contributed by atoms with Crippen molar-refractivity contribution in [1.82, 2.24) is 29.8 Å². The highest BCUT2D eigenvalue weighted by Crippen LogP contribution is 2.23. The number of ketones is 1. The second kappa shape index (κ2) is 10.4. The van der Waals surface area contributed by atoms with Crippen molar-refractivity contribution < 1.29 is 4.79 Å². The number of likely N-dealkylation sites (N-methyl/N-ethyl adjacent to an activating group) is 1. The average molecular weight is 456 g/mol. The number of rotatable bonds is 9. The number of carbonyl (C=O) groups is 1. The number of imidazole rings is 1. The average Bonchev–Trinajstić information content (AvgIpc) is 3.34. The van der Waals surface area contributed by atoms with Gasteiger partial charge in [-0.25, -0.2) is 15.0 Å². The molecule has 8 heteroatoms. The number of carbonyl (C=O) groups excluding carboxylic acids is 1. The van der Waals surface area contributed by atoms with Crippen molar-refractivity contribution in [3.05, 3.63) is 84.0 Å². The van der Waals surface area contributed by atoms with Crippen LogP contribution in [0.3, 0.4) is 0 Å². The van der Waals surface area contributed by atoms with E-state index in [1.54, 1.807) is 24.8 Å². The molecule has 34 heavy (non-hydrogen) atoms. The Kier molecular flexibility index (Phi) is 7.08. The number of nitrogens with two attached hydrogens (primary N) is 1. The van der Waals surface area contributed by atoms with Crippen LogP contribution in [0.25, 0.3) is 16.9 Å². The first-order chi connectivity index (χ1) is 16.5. The predicted octanol–water partition coefficient (Wildman–Crippen LogP) is 3.62. The lowest BCUT2D eigenvalue weighted by Crippen LogP contribution is -2.14. The first kappa shape index (κ1) is 23.3. The van der Waals surface area contributed by atoms with Gasteiger partial charge in [0.15, 0.2) is 11.6 Å². The van der Waals surface area contributed by atoms with Gasteiger partial charge in [0.1, 0.15) is 11.5 Å². The van der Waals surface area contributed by atoms with E-state index in [4.69, 9.17) is 5.73 Å². The van der Waals surface area contributed by atoms with Crippen molar-refractivity contribution in [2.75, 3.05) is 19.3 Å². The lowest BCUT2D eigenvalue weighted by atomic mass is 10.0. The van der Waals surface area contributed by atoms with Crippen molar-refractivity contribution in [3.8, 4) is 16.9 Å². The van der Waals surface area contributed by atoms with Crippen LogP contribution >= 0.6 is 0 Å². The molecule has 174 valence electrons. The molecule has 8 nitrogen and oxygen atoms in total. The van der Waals surface area contributed by atoms with Crippen LogP contribution in [0.4, 0.5) is 5.82 Å². The largest absolute Gasteiger partial charge is 0.382 e. The molecule has 0 spiro atoms. The molecule has 0 saturated heterocycles. The number of nitrogens with one attached hydrogen (secondary N) is 1. The summed E-state index contributed by atoms with van der Waals surface area (Å²) < 4.78 is 2.00. The van der Waals surface area contributed by atoms with Crippen LogP contribution in [0.2, 0.25) is 0 Å². The smallest absolute Gasteiger partial charge is 0.189 e. The molecule has 1 aromatic carbocycles. The Labute approximate surface area is 199 Å². The van der Waals surface area contributed by atoms with E-state index < -0.39 is 0 Å². The minimum Gasteiger partial charge on any atom is -0.382 e. The van der Waals surface area contributed by atoms with Gasteiger partial charge in [0.2, 0.25) is 0 Å². The minimum atomic E-state index is -0.210. The Morgan fingerprint density at radius 2 is 1.88 bits per heavy atom. The summed E-state index contributed by atoms with van der Waals surface area (Å²) in [4.78, 5) is 30.8. The van der Waals surface area contributed by atoms with Gasteiger partial charge in [-0.2, -0.15) is 0 Å². The van der Waals surface area contributed by atoms with Gasteiger partial charge in [-0.3, -0.25) is 9.78 Å². The summed E-state index contributed by atoms with van der Waals surface area (Å²) in [7, 11) is 1.93. The zero-order chi connectivity index (χ0) is 24.1. The molecule has 3 N–H and O–H groups in total. The first-order valence-corrected chi connectivity index (χ1v) is 11.3. The van der Waals surface area contributed by atoms with E-state index in [1.165, 1.54) is 5.56 Å². The number of hydrogen-bond acceptors (Lipinski definition) is 7. The SMILES string of the molecule is CNCCc1ccc(-c2cnc(N)c(C(=O)Cc3cnccc3-n3ccnc3C(C)C)n2)cc1. The maximum Gasteiger partial charge on any atom is 0.189 e. The second-order valence-corrected chi connectivity index (χ2v) is 8.45. The fraction of sp³-hybridized carbons (Fsp3) is 0.269. The maximum atomic E-state index is 13.3. The van der Waals surface area contributed by atoms with Gasteiger partial charge in [-0.1, -0.05) is 38.1 Å². The number of nitrogen functional groups attached to an aromatic ring is 1. The van der Waals surface area contributed by atoms with Crippen LogP contribution in [0.5, 0.6) is 0 Å². The molecule has 0 radical (unpaired) electrons. The fourth-order valence-corrected chi connectivity index (χ4v) is 3.85. The number of anilines is 1. The summed E-state index contributed by atoms with van der Waals surface area (Å²) in [6.07, 6.45) is 9.72. The molecule has 0 aliphatic rings. The zero-order valence-corrected chi connectivity index (χ0v) is 19.7. The number of Topliss-reactive ketones (excluding diaryl/α,β-unsaturated/α-hetero) is 1. The van der Waals surface area contributed by atoms with Gasteiger partial charge in [0.05, 0.1) is 17.6 Å². The monoisotopic (exact) mass is 455 g/mol. The van der Waals surface area contributed by atoms with E-state index in [1.807, 2.05) is 36.0 Å². The Morgan fingerprint density at radius 3 is 2.62 bits per heavy atom. The van der Waals surface area contributed by atoms with Gasteiger partial charge >= 0.3 is 0 Å². The van der Waals surface area contributed by atoms with Crippen molar-refractivity contribution in [2.45, 2.75) is 32.6 Å². The third kappa shape index (κ3) is 5.02.